The number of nitrogens with zero attached hydrogens (tertiary/aromatic N) is 2. The minimum absolute atomic E-state index is 0.633. The van der Waals surface area contributed by atoms with E-state index in [9.17, 15) is 0 Å². The fourth-order valence-corrected chi connectivity index (χ4v) is 3.58. The van der Waals surface area contributed by atoms with Gasteiger partial charge < -0.3 is 0 Å². The van der Waals surface area contributed by atoms with Crippen molar-refractivity contribution in [3.8, 4) is 0 Å². The van der Waals surface area contributed by atoms with Crippen LogP contribution in [-0.2, 0) is 19.5 Å². The van der Waals surface area contributed by atoms with Crippen molar-refractivity contribution < 1.29 is 4.57 Å². The summed E-state index contributed by atoms with van der Waals surface area (Å²) in [5.41, 5.74) is 1.34. The highest BCUT2D eigenvalue weighted by Gasteiger charge is 2.19. The molecule has 0 unspecified atom stereocenters. The predicted octanol–water partition coefficient (Wildman–Crippen LogP) is 5.67. The largest absolute Gasteiger partial charge is 0.255 e. The monoisotopic (exact) mass is 361 g/mol. The maximum atomic E-state index is 6.42. The first-order valence-electron chi connectivity index (χ1n) is 8.61. The van der Waals surface area contributed by atoms with E-state index in [-0.39, 0.29) is 0 Å². The molecule has 1 heterocycles. The third-order valence-corrected chi connectivity index (χ3v) is 5.35. The first-order valence-corrected chi connectivity index (χ1v) is 9.36. The van der Waals surface area contributed by atoms with E-state index in [2.05, 4.69) is 58.5 Å². The van der Waals surface area contributed by atoms with Crippen molar-refractivity contribution in [3.63, 3.8) is 0 Å². The van der Waals surface area contributed by atoms with Crippen molar-refractivity contribution in [2.75, 3.05) is 0 Å². The molecule has 126 valence electrons. The third kappa shape index (κ3) is 3.76. The lowest BCUT2D eigenvalue weighted by molar-refractivity contribution is -0.694. The molecule has 0 saturated carbocycles. The van der Waals surface area contributed by atoms with Crippen molar-refractivity contribution in [1.82, 2.24) is 4.57 Å². The first-order chi connectivity index (χ1) is 11.7. The molecule has 2 nitrogen and oxygen atoms in total. The minimum atomic E-state index is 0.633. The Morgan fingerprint density at radius 1 is 1.00 bits per heavy atom. The summed E-state index contributed by atoms with van der Waals surface area (Å²) < 4.78 is 4.11. The fourth-order valence-electron chi connectivity index (χ4n) is 3.10. The van der Waals surface area contributed by atoms with E-state index in [1.807, 2.05) is 6.33 Å². The van der Waals surface area contributed by atoms with Crippen LogP contribution in [0.4, 0.5) is 0 Å². The van der Waals surface area contributed by atoms with Crippen LogP contribution < -0.4 is 4.57 Å². The van der Waals surface area contributed by atoms with Gasteiger partial charge in [0.2, 0.25) is 6.33 Å². The third-order valence-electron chi connectivity index (χ3n) is 4.46. The van der Waals surface area contributed by atoms with Crippen molar-refractivity contribution in [3.05, 3.63) is 64.7 Å². The molecule has 0 saturated heterocycles. The van der Waals surface area contributed by atoms with Gasteiger partial charge in [-0.05, 0) is 52.4 Å². The minimum Gasteiger partial charge on any atom is -0.219 e. The van der Waals surface area contributed by atoms with Gasteiger partial charge in [0.15, 0.2) is 0 Å². The number of aromatic nitrogens is 2. The van der Waals surface area contributed by atoms with Gasteiger partial charge in [-0.15, -0.1) is 0 Å². The van der Waals surface area contributed by atoms with Gasteiger partial charge in [-0.1, -0.05) is 55.8 Å². The molecule has 4 heteroatoms. The van der Waals surface area contributed by atoms with Gasteiger partial charge in [-0.3, -0.25) is 0 Å². The van der Waals surface area contributed by atoms with E-state index >= 15 is 0 Å². The summed E-state index contributed by atoms with van der Waals surface area (Å²) in [7, 11) is 0. The predicted molar refractivity (Wildman–Crippen MR) is 102 cm³/mol. The number of rotatable bonds is 7. The van der Waals surface area contributed by atoms with Crippen molar-refractivity contribution in [2.24, 2.45) is 0 Å². The summed E-state index contributed by atoms with van der Waals surface area (Å²) in [4.78, 5) is 0. The van der Waals surface area contributed by atoms with Crippen molar-refractivity contribution in [1.29, 1.82) is 0 Å². The molecule has 2 aromatic carbocycles. The smallest absolute Gasteiger partial charge is 0.219 e. The van der Waals surface area contributed by atoms with Crippen molar-refractivity contribution in [2.45, 2.75) is 45.7 Å². The number of fused-ring (bicyclic) bond motifs is 1. The summed E-state index contributed by atoms with van der Waals surface area (Å²) in [6, 6.07) is 15.0. The Morgan fingerprint density at radius 3 is 2.62 bits per heavy atom. The Hall–Kier alpha value is -1.51. The van der Waals surface area contributed by atoms with Gasteiger partial charge in [-0.2, -0.15) is 0 Å². The second-order valence-electron chi connectivity index (χ2n) is 6.18. The average molecular weight is 362 g/mol. The van der Waals surface area contributed by atoms with Crippen molar-refractivity contribution >= 4 is 34.0 Å². The second-order valence-corrected chi connectivity index (χ2v) is 6.90. The number of benzene rings is 2. The van der Waals surface area contributed by atoms with Gasteiger partial charge in [0.25, 0.3) is 10.3 Å². The normalized spacial score (nSPS) is 11.3. The highest BCUT2D eigenvalue weighted by Crippen LogP contribution is 2.22. The maximum Gasteiger partial charge on any atom is 0.255 e. The highest BCUT2D eigenvalue weighted by atomic mass is 35.5. The summed E-state index contributed by atoms with van der Waals surface area (Å²) in [6.07, 6.45) is 6.52. The second kappa shape index (κ2) is 8.04. The number of unbranched alkanes of at least 4 members (excludes halogenated alkanes) is 2. The van der Waals surface area contributed by atoms with E-state index in [4.69, 9.17) is 23.2 Å². The van der Waals surface area contributed by atoms with Crippen LogP contribution in [0.5, 0.6) is 0 Å². The topological polar surface area (TPSA) is 8.81 Å². The van der Waals surface area contributed by atoms with E-state index in [0.717, 1.165) is 25.9 Å². The Labute approximate surface area is 153 Å². The van der Waals surface area contributed by atoms with Crippen LogP contribution in [0.25, 0.3) is 10.8 Å². The zero-order chi connectivity index (χ0) is 16.9. The Kier molecular flexibility index (Phi) is 5.80. The molecular weight excluding hydrogens is 339 g/mol. The quantitative estimate of drug-likeness (QED) is 0.378. The summed E-state index contributed by atoms with van der Waals surface area (Å²) >= 11 is 12.8. The fraction of sp³-hybridized carbons (Fsp3) is 0.350. The number of hydrogen-bond donors (Lipinski definition) is 0. The zero-order valence-corrected chi connectivity index (χ0v) is 15.5. The lowest BCUT2D eigenvalue weighted by atomic mass is 10.0. The molecule has 0 spiro atoms. The summed E-state index contributed by atoms with van der Waals surface area (Å²) in [6.45, 7) is 3.95. The van der Waals surface area contributed by atoms with Crippen LogP contribution in [-0.4, -0.2) is 4.57 Å². The van der Waals surface area contributed by atoms with Crippen LogP contribution >= 0.6 is 23.2 Å². The zero-order valence-electron chi connectivity index (χ0n) is 14.0. The molecule has 1 aromatic heterocycles. The first kappa shape index (κ1) is 17.3. The molecule has 0 aliphatic carbocycles. The molecule has 0 aliphatic heterocycles. The lowest BCUT2D eigenvalue weighted by Crippen LogP contribution is -2.32. The number of halogens is 2. The maximum absolute atomic E-state index is 6.42. The van der Waals surface area contributed by atoms with Crippen LogP contribution in [0.1, 0.15) is 31.7 Å². The standard InChI is InChI=1S/C20H23Cl2N2/c1-2-3-6-13-23-15-24(20(22)19(23)21)14-12-17-10-7-9-16-8-4-5-11-18(16)17/h4-5,7-11,15H,2-3,6,12-14H2,1H3/q+1. The van der Waals surface area contributed by atoms with Gasteiger partial charge in [0, 0.05) is 6.42 Å². The van der Waals surface area contributed by atoms with Crippen LogP contribution in [0, 0.1) is 0 Å². The molecule has 3 aromatic rings. The molecular formula is C20H23Cl2N2+. The number of imidazole rings is 1. The van der Waals surface area contributed by atoms with Gasteiger partial charge in [0.05, 0.1) is 13.1 Å². The molecule has 0 bridgehead atoms. The number of hydrogen-bond acceptors (Lipinski definition) is 0. The van der Waals surface area contributed by atoms with Crippen LogP contribution in [0.3, 0.4) is 0 Å². The molecule has 0 N–H and O–H groups in total. The lowest BCUT2D eigenvalue weighted by Gasteiger charge is -2.05. The Balaban J connectivity index is 1.75. The van der Waals surface area contributed by atoms with E-state index in [0.29, 0.717) is 10.3 Å². The number of aryl methyl sites for hydroxylation is 3. The van der Waals surface area contributed by atoms with Gasteiger partial charge >= 0.3 is 0 Å². The molecule has 0 radical (unpaired) electrons. The van der Waals surface area contributed by atoms with Gasteiger partial charge in [0.1, 0.15) is 0 Å². The molecule has 0 fully saturated rings. The Bertz CT molecular complexity index is 818. The van der Waals surface area contributed by atoms with Crippen LogP contribution in [0.15, 0.2) is 48.8 Å². The molecule has 0 atom stereocenters. The van der Waals surface area contributed by atoms with Gasteiger partial charge in [-0.25, -0.2) is 9.13 Å². The van der Waals surface area contributed by atoms with Crippen LogP contribution in [0.2, 0.25) is 10.3 Å². The molecule has 3 rings (SSSR count). The summed E-state index contributed by atoms with van der Waals surface area (Å²) in [5.74, 6) is 0. The average Bonchev–Trinajstić information content (AvgIpc) is 2.88. The molecule has 24 heavy (non-hydrogen) atoms. The molecule has 0 aliphatic rings. The van der Waals surface area contributed by atoms with E-state index in [1.165, 1.54) is 29.2 Å². The molecule has 0 amide bonds. The Morgan fingerprint density at radius 2 is 1.79 bits per heavy atom. The van der Waals surface area contributed by atoms with E-state index < -0.39 is 0 Å². The highest BCUT2D eigenvalue weighted by molar-refractivity contribution is 6.39. The SMILES string of the molecule is CCCCC[n+]1cn(CCc2cccc3ccccc23)c(Cl)c1Cl. The van der Waals surface area contributed by atoms with E-state index in [1.54, 1.807) is 0 Å². The summed E-state index contributed by atoms with van der Waals surface area (Å²) in [5, 5.41) is 3.87.